The molecule has 0 saturated heterocycles. The van der Waals surface area contributed by atoms with Gasteiger partial charge in [0.05, 0.1) is 74.7 Å². The summed E-state index contributed by atoms with van der Waals surface area (Å²) in [5, 5.41) is 13.5. The number of hydrogen-bond acceptors (Lipinski definition) is 12. The third kappa shape index (κ3) is 9.13. The van der Waals surface area contributed by atoms with Gasteiger partial charge in [0.15, 0.2) is 17.9 Å². The summed E-state index contributed by atoms with van der Waals surface area (Å²) in [6.45, 7) is 11.3. The molecule has 0 bridgehead atoms. The van der Waals surface area contributed by atoms with Gasteiger partial charge in [-0.2, -0.15) is 0 Å². The summed E-state index contributed by atoms with van der Waals surface area (Å²) in [5.41, 5.74) is -1.70. The van der Waals surface area contributed by atoms with Gasteiger partial charge in [0, 0.05) is 21.5 Å². The summed E-state index contributed by atoms with van der Waals surface area (Å²) >= 11 is 0. The fraction of sp³-hybridized carbons (Fsp3) is 0.288. The van der Waals surface area contributed by atoms with Gasteiger partial charge >= 0.3 is 11.9 Å². The van der Waals surface area contributed by atoms with Crippen LogP contribution in [0.25, 0.3) is 21.5 Å². The van der Waals surface area contributed by atoms with E-state index < -0.39 is 70.5 Å². The number of imide groups is 1. The van der Waals surface area contributed by atoms with Crippen molar-refractivity contribution >= 4 is 62.6 Å². The van der Waals surface area contributed by atoms with Crippen LogP contribution in [0.2, 0.25) is 0 Å². The molecule has 0 saturated carbocycles. The zero-order chi connectivity index (χ0) is 50.6. The number of carbonyl (C=O) groups is 5. The number of esters is 2. The number of fused-ring (bicyclic) bond motifs is 4. The molecular formula is C52H48F4N2O12. The molecule has 1 atom stereocenters. The maximum atomic E-state index is 15.2. The van der Waals surface area contributed by atoms with Crippen LogP contribution in [-0.2, 0) is 31.9 Å². The number of aliphatic hydroxyl groups is 1. The van der Waals surface area contributed by atoms with Crippen LogP contribution in [0.15, 0.2) is 72.8 Å². The second-order valence-electron chi connectivity index (χ2n) is 15.5. The van der Waals surface area contributed by atoms with E-state index in [-0.39, 0.29) is 109 Å². The molecule has 366 valence electrons. The second-order valence-corrected chi connectivity index (χ2v) is 15.5. The van der Waals surface area contributed by atoms with Crippen LogP contribution < -0.4 is 28.7 Å². The predicted octanol–water partition coefficient (Wildman–Crippen LogP) is 9.49. The first kappa shape index (κ1) is 50.2. The van der Waals surface area contributed by atoms with Crippen molar-refractivity contribution in [2.24, 2.45) is 0 Å². The Morgan fingerprint density at radius 3 is 1.21 bits per heavy atom. The van der Waals surface area contributed by atoms with E-state index in [2.05, 4.69) is 0 Å². The van der Waals surface area contributed by atoms with Crippen LogP contribution in [0.5, 0.6) is 23.0 Å². The summed E-state index contributed by atoms with van der Waals surface area (Å²) < 4.78 is 93.4. The molecule has 0 radical (unpaired) electrons. The van der Waals surface area contributed by atoms with Crippen molar-refractivity contribution in [1.29, 1.82) is 0 Å². The topological polar surface area (TPSA) is 167 Å². The molecule has 8 rings (SSSR count). The minimum atomic E-state index is -1.73. The van der Waals surface area contributed by atoms with Gasteiger partial charge in [-0.05, 0) is 76.9 Å². The summed E-state index contributed by atoms with van der Waals surface area (Å²) in [5.74, 6) is -7.83. The number of amides is 3. The van der Waals surface area contributed by atoms with Crippen molar-refractivity contribution in [2.45, 2.75) is 60.6 Å². The Morgan fingerprint density at radius 2 is 0.843 bits per heavy atom. The van der Waals surface area contributed by atoms with Gasteiger partial charge in [0.1, 0.15) is 46.0 Å². The molecule has 2 heterocycles. The fourth-order valence-corrected chi connectivity index (χ4v) is 8.56. The van der Waals surface area contributed by atoms with Crippen molar-refractivity contribution in [3.63, 3.8) is 0 Å². The molecule has 3 amide bonds. The summed E-state index contributed by atoms with van der Waals surface area (Å²) in [4.78, 5) is 65.2. The number of halogens is 4. The zero-order valence-electron chi connectivity index (χ0n) is 39.0. The van der Waals surface area contributed by atoms with Gasteiger partial charge in [-0.3, -0.25) is 28.9 Å². The first-order valence-electron chi connectivity index (χ1n) is 22.5. The highest BCUT2D eigenvalue weighted by Gasteiger charge is 2.47. The van der Waals surface area contributed by atoms with Gasteiger partial charge in [0.25, 0.3) is 17.7 Å². The highest BCUT2D eigenvalue weighted by Crippen LogP contribution is 2.51. The van der Waals surface area contributed by atoms with Crippen molar-refractivity contribution < 1.29 is 75.1 Å². The van der Waals surface area contributed by atoms with E-state index >= 15 is 17.6 Å². The van der Waals surface area contributed by atoms with Crippen molar-refractivity contribution in [2.75, 3.05) is 49.4 Å². The van der Waals surface area contributed by atoms with Crippen LogP contribution >= 0.6 is 0 Å². The molecule has 6 aromatic rings. The van der Waals surface area contributed by atoms with Crippen molar-refractivity contribution in [1.82, 2.24) is 0 Å². The molecule has 2 aliphatic heterocycles. The Bertz CT molecular complexity index is 2960. The molecule has 70 heavy (non-hydrogen) atoms. The van der Waals surface area contributed by atoms with Crippen LogP contribution in [0, 0.1) is 23.3 Å². The summed E-state index contributed by atoms with van der Waals surface area (Å²) in [6.07, 6.45) is -2.44. The van der Waals surface area contributed by atoms with Crippen LogP contribution in [0.4, 0.5) is 28.9 Å². The van der Waals surface area contributed by atoms with Gasteiger partial charge in [-0.1, -0.05) is 48.5 Å². The fourth-order valence-electron chi connectivity index (χ4n) is 8.56. The van der Waals surface area contributed by atoms with Gasteiger partial charge < -0.3 is 33.5 Å². The molecule has 1 N–H and O–H groups in total. The Hall–Kier alpha value is -7.73. The van der Waals surface area contributed by atoms with E-state index in [4.69, 9.17) is 28.4 Å². The molecule has 0 aliphatic carbocycles. The third-order valence-electron chi connectivity index (χ3n) is 11.1. The summed E-state index contributed by atoms with van der Waals surface area (Å²) in [6, 6.07) is 17.7. The Labute approximate surface area is 399 Å². The van der Waals surface area contributed by atoms with Crippen LogP contribution in [0.1, 0.15) is 95.5 Å². The normalized spacial score (nSPS) is 13.8. The highest BCUT2D eigenvalue weighted by atomic mass is 19.1. The van der Waals surface area contributed by atoms with Gasteiger partial charge in [0.2, 0.25) is 0 Å². The molecule has 0 fully saturated rings. The van der Waals surface area contributed by atoms with Crippen LogP contribution in [0.3, 0.4) is 0 Å². The highest BCUT2D eigenvalue weighted by molar-refractivity contribution is 6.38. The average molecular weight is 969 g/mol. The first-order chi connectivity index (χ1) is 33.7. The van der Waals surface area contributed by atoms with E-state index in [1.54, 1.807) is 90.1 Å². The Morgan fingerprint density at radius 1 is 0.500 bits per heavy atom. The summed E-state index contributed by atoms with van der Waals surface area (Å²) in [7, 11) is 0. The monoisotopic (exact) mass is 968 g/mol. The lowest BCUT2D eigenvalue weighted by atomic mass is 9.98. The quantitative estimate of drug-likeness (QED) is 0.0555. The standard InChI is InChI=1S/C26H25F2NO6.C26H23F2NO6/c2*1-4-33-19(30)13-14-11-17(27)22(18(28)12-14)29-25(31)20-21(26(29)32)24(35-6-3)16-10-8-7-9-15(16)23(20)34-5-2/h7-12,25,31H,4-6,13H2,1-3H3;7-12H,4-6,13H2,1-3H3. The zero-order valence-corrected chi connectivity index (χ0v) is 39.0. The number of benzene rings is 6. The van der Waals surface area contributed by atoms with E-state index in [1.165, 1.54) is 0 Å². The maximum Gasteiger partial charge on any atom is 0.310 e. The first-order valence-corrected chi connectivity index (χ1v) is 22.5. The lowest BCUT2D eigenvalue weighted by Crippen LogP contribution is -2.31. The second kappa shape index (κ2) is 21.3. The smallest absolute Gasteiger partial charge is 0.310 e. The SMILES string of the molecule is CCOC(=O)Cc1cc(F)c(N2C(=O)c3c(c(OCC)c4ccccc4c3OCC)C2=O)c(F)c1.CCOC(=O)Cc1cc(F)c(N2C(=O)c3c(c(OCC)c4ccccc4c3OCC)C2O)c(F)c1. The molecule has 6 aromatic carbocycles. The number of anilines is 2. The molecule has 14 nitrogen and oxygen atoms in total. The van der Waals surface area contributed by atoms with E-state index in [9.17, 15) is 29.1 Å². The largest absolute Gasteiger partial charge is 0.493 e. The number of aliphatic hydroxyl groups excluding tert-OH is 1. The molecule has 18 heteroatoms. The van der Waals surface area contributed by atoms with Crippen molar-refractivity contribution in [3.05, 3.63) is 129 Å². The Kier molecular flexibility index (Phi) is 15.2. The van der Waals surface area contributed by atoms with Gasteiger partial charge in [-0.25, -0.2) is 22.5 Å². The van der Waals surface area contributed by atoms with Crippen LogP contribution in [-0.4, -0.2) is 74.4 Å². The van der Waals surface area contributed by atoms with E-state index in [1.807, 2.05) is 0 Å². The number of carbonyl (C=O) groups excluding carboxylic acids is 5. The molecule has 0 aromatic heterocycles. The molecule has 0 spiro atoms. The van der Waals surface area contributed by atoms with Gasteiger partial charge in [-0.15, -0.1) is 0 Å². The van der Waals surface area contributed by atoms with E-state index in [0.717, 1.165) is 24.3 Å². The molecular weight excluding hydrogens is 921 g/mol. The minimum Gasteiger partial charge on any atom is -0.493 e. The third-order valence-corrected chi connectivity index (χ3v) is 11.1. The molecule has 2 aliphatic rings. The number of hydrogen-bond donors (Lipinski definition) is 1. The number of rotatable bonds is 16. The molecule has 1 unspecified atom stereocenters. The number of nitrogens with zero attached hydrogens (tertiary/aromatic N) is 2. The van der Waals surface area contributed by atoms with Crippen molar-refractivity contribution in [3.8, 4) is 23.0 Å². The Balaban J connectivity index is 0.000000206. The number of ether oxygens (including phenoxy) is 6. The van der Waals surface area contributed by atoms with E-state index in [0.29, 0.717) is 31.3 Å². The lowest BCUT2D eigenvalue weighted by molar-refractivity contribution is -0.143. The lowest BCUT2D eigenvalue weighted by Gasteiger charge is -2.23. The predicted molar refractivity (Wildman–Crippen MR) is 249 cm³/mol. The minimum absolute atomic E-state index is 0.00885. The average Bonchev–Trinajstić information content (AvgIpc) is 3.72. The maximum absolute atomic E-state index is 15.2.